The number of ether oxygens (including phenoxy) is 2. The first-order valence-electron chi connectivity index (χ1n) is 8.50. The summed E-state index contributed by atoms with van der Waals surface area (Å²) in [5.41, 5.74) is 0.177. The summed E-state index contributed by atoms with van der Waals surface area (Å²) in [6.07, 6.45) is 7.75. The molecule has 0 radical (unpaired) electrons. The van der Waals surface area contributed by atoms with E-state index in [9.17, 15) is 4.79 Å². The molecule has 5 heteroatoms. The van der Waals surface area contributed by atoms with Crippen LogP contribution in [0.2, 0.25) is 0 Å². The molecular formula is C16H28N2O3. The number of hydrogen-bond acceptors (Lipinski definition) is 4. The van der Waals surface area contributed by atoms with Gasteiger partial charge in [-0.05, 0) is 25.7 Å². The van der Waals surface area contributed by atoms with Crippen molar-refractivity contribution in [2.45, 2.75) is 56.6 Å². The summed E-state index contributed by atoms with van der Waals surface area (Å²) in [5.74, 6) is 0.154. The van der Waals surface area contributed by atoms with E-state index in [1.54, 1.807) is 0 Å². The minimum Gasteiger partial charge on any atom is -0.379 e. The van der Waals surface area contributed by atoms with Crippen molar-refractivity contribution in [3.05, 3.63) is 0 Å². The molecule has 0 aromatic rings. The largest absolute Gasteiger partial charge is 0.379 e. The molecule has 1 N–H and O–H groups in total. The van der Waals surface area contributed by atoms with Crippen LogP contribution in [-0.2, 0) is 14.3 Å². The molecule has 1 saturated carbocycles. The van der Waals surface area contributed by atoms with Gasteiger partial charge in [-0.15, -0.1) is 0 Å². The Bertz CT molecular complexity index is 343. The van der Waals surface area contributed by atoms with Gasteiger partial charge in [0, 0.05) is 31.8 Å². The van der Waals surface area contributed by atoms with Crippen LogP contribution in [0.4, 0.5) is 0 Å². The van der Waals surface area contributed by atoms with Crippen molar-refractivity contribution in [1.29, 1.82) is 0 Å². The van der Waals surface area contributed by atoms with Crippen molar-refractivity contribution >= 4 is 5.91 Å². The first kappa shape index (κ1) is 15.3. The topological polar surface area (TPSA) is 50.8 Å². The maximum absolute atomic E-state index is 12.1. The van der Waals surface area contributed by atoms with E-state index in [1.807, 2.05) is 0 Å². The summed E-state index contributed by atoms with van der Waals surface area (Å²) in [6, 6.07) is 0. The van der Waals surface area contributed by atoms with Gasteiger partial charge in [0.05, 0.1) is 25.7 Å². The molecular weight excluding hydrogens is 268 g/mol. The number of carbonyl (C=O) groups is 1. The van der Waals surface area contributed by atoms with Crippen molar-refractivity contribution in [2.24, 2.45) is 0 Å². The van der Waals surface area contributed by atoms with Crippen LogP contribution in [0, 0.1) is 0 Å². The van der Waals surface area contributed by atoms with E-state index in [0.29, 0.717) is 6.42 Å². The molecule has 0 unspecified atom stereocenters. The van der Waals surface area contributed by atoms with Crippen LogP contribution in [0.1, 0.15) is 44.9 Å². The van der Waals surface area contributed by atoms with Gasteiger partial charge in [-0.3, -0.25) is 9.69 Å². The Morgan fingerprint density at radius 1 is 1.14 bits per heavy atom. The molecule has 2 heterocycles. The summed E-state index contributed by atoms with van der Waals surface area (Å²) in [6.45, 7) is 5.26. The normalized spacial score (nSPS) is 29.6. The van der Waals surface area contributed by atoms with Gasteiger partial charge in [0.15, 0.2) is 0 Å². The fourth-order valence-electron chi connectivity index (χ4n) is 4.02. The van der Waals surface area contributed by atoms with Gasteiger partial charge in [-0.25, -0.2) is 0 Å². The highest BCUT2D eigenvalue weighted by atomic mass is 16.5. The molecule has 3 rings (SSSR count). The van der Waals surface area contributed by atoms with Crippen molar-refractivity contribution in [3.63, 3.8) is 0 Å². The second-order valence-corrected chi connectivity index (χ2v) is 6.65. The smallest absolute Gasteiger partial charge is 0.222 e. The van der Waals surface area contributed by atoms with E-state index in [-0.39, 0.29) is 17.6 Å². The predicted octanol–water partition coefficient (Wildman–Crippen LogP) is 1.32. The number of nitrogens with one attached hydrogen (secondary N) is 1. The molecule has 1 amide bonds. The van der Waals surface area contributed by atoms with Gasteiger partial charge in [0.2, 0.25) is 5.91 Å². The fourth-order valence-corrected chi connectivity index (χ4v) is 4.02. The molecule has 2 aliphatic heterocycles. The van der Waals surface area contributed by atoms with Gasteiger partial charge in [0.1, 0.15) is 0 Å². The Labute approximate surface area is 127 Å². The Balaban J connectivity index is 1.51. The molecule has 2 saturated heterocycles. The van der Waals surface area contributed by atoms with Crippen LogP contribution in [0.25, 0.3) is 0 Å². The third kappa shape index (κ3) is 3.76. The van der Waals surface area contributed by atoms with Crippen LogP contribution in [-0.4, -0.2) is 61.9 Å². The Hall–Kier alpha value is -0.650. The van der Waals surface area contributed by atoms with E-state index in [2.05, 4.69) is 10.2 Å². The molecule has 3 fully saturated rings. The van der Waals surface area contributed by atoms with E-state index in [1.165, 1.54) is 25.7 Å². The van der Waals surface area contributed by atoms with Crippen LogP contribution in [0.15, 0.2) is 0 Å². The number of amides is 1. The van der Waals surface area contributed by atoms with Gasteiger partial charge >= 0.3 is 0 Å². The molecule has 0 bridgehead atoms. The number of carbonyl (C=O) groups excluding carboxylic acids is 1. The highest BCUT2D eigenvalue weighted by Crippen LogP contribution is 2.35. The maximum Gasteiger partial charge on any atom is 0.222 e. The first-order valence-corrected chi connectivity index (χ1v) is 8.50. The van der Waals surface area contributed by atoms with Crippen LogP contribution >= 0.6 is 0 Å². The summed E-state index contributed by atoms with van der Waals surface area (Å²) in [7, 11) is 0. The average molecular weight is 296 g/mol. The quantitative estimate of drug-likeness (QED) is 0.831. The van der Waals surface area contributed by atoms with Crippen molar-refractivity contribution < 1.29 is 14.3 Å². The first-order chi connectivity index (χ1) is 10.3. The molecule has 0 aromatic carbocycles. The van der Waals surface area contributed by atoms with Crippen LogP contribution in [0.3, 0.4) is 0 Å². The number of morpholine rings is 1. The van der Waals surface area contributed by atoms with Gasteiger partial charge in [-0.2, -0.15) is 0 Å². The third-order valence-electron chi connectivity index (χ3n) is 5.27. The Kier molecular flexibility index (Phi) is 5.14. The molecule has 0 aromatic heterocycles. The standard InChI is InChI=1S/C16H28N2O3/c19-15(12-14-4-3-9-21-14)17-13-16(5-1-2-6-16)18-7-10-20-11-8-18/h14H,1-13H2,(H,17,19)/t14-/m1/s1. The fraction of sp³-hybridized carbons (Fsp3) is 0.938. The minimum absolute atomic E-state index is 0.146. The molecule has 5 nitrogen and oxygen atoms in total. The molecule has 21 heavy (non-hydrogen) atoms. The lowest BCUT2D eigenvalue weighted by Gasteiger charge is -2.43. The van der Waals surface area contributed by atoms with Crippen molar-refractivity contribution in [1.82, 2.24) is 10.2 Å². The Morgan fingerprint density at radius 3 is 2.57 bits per heavy atom. The maximum atomic E-state index is 12.1. The lowest BCUT2D eigenvalue weighted by Crippen LogP contribution is -2.57. The molecule has 1 atom stereocenters. The summed E-state index contributed by atoms with van der Waals surface area (Å²) in [5, 5.41) is 3.19. The third-order valence-corrected chi connectivity index (χ3v) is 5.27. The minimum atomic E-state index is 0.146. The van der Waals surface area contributed by atoms with E-state index in [4.69, 9.17) is 9.47 Å². The van der Waals surface area contributed by atoms with Gasteiger partial charge in [0.25, 0.3) is 0 Å². The van der Waals surface area contributed by atoms with E-state index in [0.717, 1.165) is 52.3 Å². The predicted molar refractivity (Wildman–Crippen MR) is 80.2 cm³/mol. The summed E-state index contributed by atoms with van der Waals surface area (Å²) >= 11 is 0. The van der Waals surface area contributed by atoms with Crippen molar-refractivity contribution in [3.8, 4) is 0 Å². The molecule has 120 valence electrons. The van der Waals surface area contributed by atoms with Crippen LogP contribution in [0.5, 0.6) is 0 Å². The Morgan fingerprint density at radius 2 is 1.90 bits per heavy atom. The summed E-state index contributed by atoms with van der Waals surface area (Å²) < 4.78 is 11.0. The average Bonchev–Trinajstić information content (AvgIpc) is 3.18. The zero-order valence-corrected chi connectivity index (χ0v) is 12.9. The lowest BCUT2D eigenvalue weighted by molar-refractivity contribution is -0.124. The lowest BCUT2D eigenvalue weighted by atomic mass is 9.94. The molecule has 1 aliphatic carbocycles. The van der Waals surface area contributed by atoms with Gasteiger partial charge < -0.3 is 14.8 Å². The second-order valence-electron chi connectivity index (χ2n) is 6.65. The SMILES string of the molecule is O=C(C[C@H]1CCCO1)NCC1(N2CCOCC2)CCCC1. The second kappa shape index (κ2) is 7.07. The summed E-state index contributed by atoms with van der Waals surface area (Å²) in [4.78, 5) is 14.7. The van der Waals surface area contributed by atoms with E-state index >= 15 is 0 Å². The van der Waals surface area contributed by atoms with Gasteiger partial charge in [-0.1, -0.05) is 12.8 Å². The number of rotatable bonds is 5. The van der Waals surface area contributed by atoms with Crippen molar-refractivity contribution in [2.75, 3.05) is 39.5 Å². The number of hydrogen-bond donors (Lipinski definition) is 1. The zero-order valence-electron chi connectivity index (χ0n) is 12.9. The highest BCUT2D eigenvalue weighted by molar-refractivity contribution is 5.76. The monoisotopic (exact) mass is 296 g/mol. The number of nitrogens with zero attached hydrogens (tertiary/aromatic N) is 1. The van der Waals surface area contributed by atoms with Crippen LogP contribution < -0.4 is 5.32 Å². The van der Waals surface area contributed by atoms with E-state index < -0.39 is 0 Å². The molecule has 0 spiro atoms. The highest BCUT2D eigenvalue weighted by Gasteiger charge is 2.40. The molecule has 3 aliphatic rings. The zero-order chi connectivity index (χ0) is 14.5.